The highest BCUT2D eigenvalue weighted by Gasteiger charge is 2.20. The number of aromatic carboxylic acids is 1. The molecule has 1 amide bonds. The molecule has 0 saturated carbocycles. The fourth-order valence-electron chi connectivity index (χ4n) is 4.74. The van der Waals surface area contributed by atoms with Crippen molar-refractivity contribution in [3.05, 3.63) is 126 Å². The second-order valence-corrected chi connectivity index (χ2v) is 14.2. The molecule has 0 bridgehead atoms. The van der Waals surface area contributed by atoms with Gasteiger partial charge in [0.1, 0.15) is 4.88 Å². The maximum absolute atomic E-state index is 12.7. The first-order valence-corrected chi connectivity index (χ1v) is 18.5. The topological polar surface area (TPSA) is 136 Å². The average molecular weight is 801 g/mol. The molecule has 52 heavy (non-hydrogen) atoms. The van der Waals surface area contributed by atoms with Crippen molar-refractivity contribution < 1.29 is 38.6 Å². The van der Waals surface area contributed by atoms with Gasteiger partial charge in [-0.3, -0.25) is 19.2 Å². The van der Waals surface area contributed by atoms with E-state index in [0.717, 1.165) is 32.2 Å². The Bertz CT molecular complexity index is 2040. The predicted octanol–water partition coefficient (Wildman–Crippen LogP) is 9.31. The number of Topliss-reactive ketones (excluding diaryl/α,β-unsaturated/α-hetero) is 1. The third-order valence-corrected chi connectivity index (χ3v) is 10.4. The van der Waals surface area contributed by atoms with E-state index in [1.54, 1.807) is 80.6 Å². The van der Waals surface area contributed by atoms with Crippen LogP contribution in [0.2, 0.25) is 15.1 Å². The molecule has 9 nitrogen and oxygen atoms in total. The highest BCUT2D eigenvalue weighted by Crippen LogP contribution is 2.35. The van der Waals surface area contributed by atoms with E-state index in [2.05, 4.69) is 5.32 Å². The zero-order valence-electron chi connectivity index (χ0n) is 27.9. The average Bonchev–Trinajstić information content (AvgIpc) is 3.73. The lowest BCUT2D eigenvalue weighted by molar-refractivity contribution is -0.143. The van der Waals surface area contributed by atoms with Crippen molar-refractivity contribution in [2.24, 2.45) is 0 Å². The Morgan fingerprint density at radius 3 is 1.46 bits per heavy atom. The van der Waals surface area contributed by atoms with Crippen LogP contribution in [0.1, 0.15) is 54.7 Å². The number of carbonyl (C=O) groups is 5. The Balaban J connectivity index is 0.000000251. The van der Waals surface area contributed by atoms with Crippen LogP contribution < -0.4 is 5.32 Å². The number of amides is 1. The predicted molar refractivity (Wildman–Crippen MR) is 205 cm³/mol. The number of carboxylic acid groups (broad SMARTS) is 1. The number of esters is 2. The Kier molecular flexibility index (Phi) is 15.0. The van der Waals surface area contributed by atoms with Gasteiger partial charge >= 0.3 is 17.9 Å². The van der Waals surface area contributed by atoms with E-state index in [-0.39, 0.29) is 54.5 Å². The summed E-state index contributed by atoms with van der Waals surface area (Å²) >= 11 is 20.1. The van der Waals surface area contributed by atoms with Crippen LogP contribution in [0.3, 0.4) is 0 Å². The molecule has 0 radical (unpaired) electrons. The first-order chi connectivity index (χ1) is 24.9. The first-order valence-electron chi connectivity index (χ1n) is 15.8. The molecular formula is C38H32Cl3NO8S2. The number of hydrogen-bond donors (Lipinski definition) is 2. The number of halogens is 3. The van der Waals surface area contributed by atoms with Gasteiger partial charge in [0.2, 0.25) is 0 Å². The van der Waals surface area contributed by atoms with Gasteiger partial charge in [-0.15, -0.1) is 22.7 Å². The van der Waals surface area contributed by atoms with Crippen LogP contribution in [0, 0.1) is 0 Å². The molecule has 2 N–H and O–H groups in total. The minimum Gasteiger partial charge on any atom is -0.477 e. The Hall–Kier alpha value is -4.52. The van der Waals surface area contributed by atoms with Gasteiger partial charge in [0.25, 0.3) is 5.91 Å². The summed E-state index contributed by atoms with van der Waals surface area (Å²) in [5.74, 6) is -2.37. The molecule has 0 unspecified atom stereocenters. The van der Waals surface area contributed by atoms with Crippen molar-refractivity contribution in [1.82, 2.24) is 5.32 Å². The molecule has 5 aromatic rings. The quantitative estimate of drug-likeness (QED) is 0.0889. The Morgan fingerprint density at radius 2 is 1.04 bits per heavy atom. The summed E-state index contributed by atoms with van der Waals surface area (Å²) in [7, 11) is 0. The van der Waals surface area contributed by atoms with Gasteiger partial charge < -0.3 is 19.9 Å². The number of carboxylic acids is 1. The van der Waals surface area contributed by atoms with E-state index in [9.17, 15) is 24.0 Å². The second-order valence-electron chi connectivity index (χ2n) is 10.8. The third kappa shape index (κ3) is 11.5. The van der Waals surface area contributed by atoms with E-state index >= 15 is 0 Å². The molecule has 0 aliphatic rings. The molecule has 2 heterocycles. The zero-order valence-corrected chi connectivity index (χ0v) is 31.8. The lowest BCUT2D eigenvalue weighted by Crippen LogP contribution is -2.29. The first kappa shape index (κ1) is 40.3. The van der Waals surface area contributed by atoms with Crippen LogP contribution in [-0.2, 0) is 31.9 Å². The van der Waals surface area contributed by atoms with Gasteiger partial charge in [-0.1, -0.05) is 59.1 Å². The number of ether oxygens (including phenoxy) is 2. The highest BCUT2D eigenvalue weighted by molar-refractivity contribution is 7.18. The van der Waals surface area contributed by atoms with Crippen molar-refractivity contribution in [3.63, 3.8) is 0 Å². The van der Waals surface area contributed by atoms with Crippen LogP contribution in [-0.4, -0.2) is 54.5 Å². The Morgan fingerprint density at radius 1 is 0.635 bits per heavy atom. The Labute approximate surface area is 323 Å². The fourth-order valence-corrected chi connectivity index (χ4v) is 7.27. The summed E-state index contributed by atoms with van der Waals surface area (Å²) in [6.07, 6.45) is 0.0995. The van der Waals surface area contributed by atoms with Crippen LogP contribution in [0.4, 0.5) is 0 Å². The molecule has 0 spiro atoms. The number of ketones is 1. The van der Waals surface area contributed by atoms with Crippen molar-refractivity contribution in [2.45, 2.75) is 26.7 Å². The minimum atomic E-state index is -1.01. The van der Waals surface area contributed by atoms with Crippen molar-refractivity contribution >= 4 is 87.1 Å². The monoisotopic (exact) mass is 799 g/mol. The minimum absolute atomic E-state index is 0.0483. The van der Waals surface area contributed by atoms with Gasteiger partial charge in [-0.2, -0.15) is 0 Å². The number of benzene rings is 3. The standard InChI is InChI=1S/C23H19Cl2NO4S.C15H13ClO4S/c1-2-30-21(28)12-16-11-20(31-22(16)14-3-7-17(24)8-4-14)19(27)13-26-23(29)15-5-9-18(25)10-6-15;1-2-20-13(17)8-10-7-12(15(18)19)21-14(10)9-3-5-11(16)6-4-9/h3-11H,2,12-13H2,1H3,(H,26,29);3-7H,2,8H2,1H3,(H,18,19). The molecule has 0 saturated heterocycles. The molecule has 0 fully saturated rings. The number of rotatable bonds is 13. The fraction of sp³-hybridized carbons (Fsp3) is 0.184. The number of thiophene rings is 2. The van der Waals surface area contributed by atoms with Crippen LogP contribution in [0.15, 0.2) is 84.9 Å². The lowest BCUT2D eigenvalue weighted by atomic mass is 10.1. The van der Waals surface area contributed by atoms with Gasteiger partial charge in [-0.25, -0.2) is 4.79 Å². The summed E-state index contributed by atoms with van der Waals surface area (Å²) in [5.41, 5.74) is 3.43. The summed E-state index contributed by atoms with van der Waals surface area (Å²) in [5, 5.41) is 13.5. The van der Waals surface area contributed by atoms with Crippen molar-refractivity contribution in [1.29, 1.82) is 0 Å². The van der Waals surface area contributed by atoms with E-state index in [1.807, 2.05) is 12.1 Å². The number of nitrogens with one attached hydrogen (secondary N) is 1. The maximum Gasteiger partial charge on any atom is 0.345 e. The summed E-state index contributed by atoms with van der Waals surface area (Å²) in [6, 6.07) is 23.8. The largest absolute Gasteiger partial charge is 0.477 e. The van der Waals surface area contributed by atoms with Crippen molar-refractivity contribution in [3.8, 4) is 20.9 Å². The van der Waals surface area contributed by atoms with Gasteiger partial charge in [0, 0.05) is 30.4 Å². The number of carbonyl (C=O) groups excluding carboxylic acids is 4. The molecule has 270 valence electrons. The molecular weight excluding hydrogens is 769 g/mol. The zero-order chi connectivity index (χ0) is 37.8. The molecule has 0 aliphatic heterocycles. The van der Waals surface area contributed by atoms with Gasteiger partial charge in [0.15, 0.2) is 5.78 Å². The van der Waals surface area contributed by atoms with Gasteiger partial charge in [0.05, 0.1) is 37.5 Å². The molecule has 2 aromatic heterocycles. The lowest BCUT2D eigenvalue weighted by Gasteiger charge is -2.04. The molecule has 14 heteroatoms. The van der Waals surface area contributed by atoms with Crippen LogP contribution in [0.25, 0.3) is 20.9 Å². The maximum atomic E-state index is 12.7. The highest BCUT2D eigenvalue weighted by atomic mass is 35.5. The summed E-state index contributed by atoms with van der Waals surface area (Å²) < 4.78 is 9.98. The van der Waals surface area contributed by atoms with Crippen LogP contribution >= 0.6 is 57.5 Å². The molecule has 0 atom stereocenters. The van der Waals surface area contributed by atoms with Gasteiger partial charge in [-0.05, 0) is 96.8 Å². The molecule has 0 aliphatic carbocycles. The van der Waals surface area contributed by atoms with Crippen molar-refractivity contribution in [2.75, 3.05) is 19.8 Å². The SMILES string of the molecule is CCOC(=O)Cc1cc(C(=O)CNC(=O)c2ccc(Cl)cc2)sc1-c1ccc(Cl)cc1.CCOC(=O)Cc1cc(C(=O)O)sc1-c1ccc(Cl)cc1. The molecule has 5 rings (SSSR count). The molecule has 3 aromatic carbocycles. The van der Waals surface area contributed by atoms with E-state index in [1.165, 1.54) is 17.4 Å². The van der Waals surface area contributed by atoms with Crippen LogP contribution in [0.5, 0.6) is 0 Å². The summed E-state index contributed by atoms with van der Waals surface area (Å²) in [4.78, 5) is 62.0. The van der Waals surface area contributed by atoms with E-state index in [0.29, 0.717) is 43.2 Å². The third-order valence-electron chi connectivity index (χ3n) is 7.11. The summed E-state index contributed by atoms with van der Waals surface area (Å²) in [6.45, 7) is 3.88. The second kappa shape index (κ2) is 19.4. The smallest absolute Gasteiger partial charge is 0.345 e. The number of hydrogen-bond acceptors (Lipinski definition) is 9. The van der Waals surface area contributed by atoms with E-state index < -0.39 is 5.97 Å². The normalized spacial score (nSPS) is 10.5. The van der Waals surface area contributed by atoms with E-state index in [4.69, 9.17) is 49.4 Å².